The van der Waals surface area contributed by atoms with Crippen molar-refractivity contribution in [3.05, 3.63) is 65.8 Å². The van der Waals surface area contributed by atoms with E-state index in [0.717, 1.165) is 0 Å². The van der Waals surface area contributed by atoms with Gasteiger partial charge in [-0.1, -0.05) is 63.3 Å². The third kappa shape index (κ3) is 2.85. The molecule has 0 heterocycles. The van der Waals surface area contributed by atoms with Gasteiger partial charge in [0.25, 0.3) is 0 Å². The summed E-state index contributed by atoms with van der Waals surface area (Å²) in [4.78, 5) is 0. The average Bonchev–Trinajstić information content (AvgIpc) is 2.42. The van der Waals surface area contributed by atoms with E-state index in [1.54, 1.807) is 0 Å². The van der Waals surface area contributed by atoms with Crippen molar-refractivity contribution in [2.75, 3.05) is 0 Å². The normalized spacial score (nSPS) is 13.3. The number of rotatable bonds is 2. The molecule has 0 atom stereocenters. The summed E-state index contributed by atoms with van der Waals surface area (Å²) in [5.74, 6) is 0. The molecule has 0 radical (unpaired) electrons. The Labute approximate surface area is 122 Å². The molecular weight excluding hydrogens is 240 g/mol. The molecule has 0 nitrogen and oxygen atoms in total. The third-order valence-corrected chi connectivity index (χ3v) is 3.66. The van der Waals surface area contributed by atoms with Crippen molar-refractivity contribution in [2.24, 2.45) is 0 Å². The summed E-state index contributed by atoms with van der Waals surface area (Å²) in [5.41, 5.74) is 4.14. The van der Waals surface area contributed by atoms with Crippen molar-refractivity contribution in [2.45, 2.75) is 40.0 Å². The minimum absolute atomic E-state index is 0.143. The number of fused-ring (bicyclic) bond motifs is 1. The van der Waals surface area contributed by atoms with Crippen molar-refractivity contribution in [3.8, 4) is 0 Å². The highest BCUT2D eigenvalue weighted by molar-refractivity contribution is 5.91. The Hall–Kier alpha value is -1.82. The van der Waals surface area contributed by atoms with Crippen molar-refractivity contribution in [1.82, 2.24) is 0 Å². The fourth-order valence-electron chi connectivity index (χ4n) is 2.64. The van der Waals surface area contributed by atoms with Crippen LogP contribution in [0.4, 0.5) is 0 Å². The Morgan fingerprint density at radius 1 is 1.00 bits per heavy atom. The molecule has 0 spiro atoms. The second-order valence-electron chi connectivity index (χ2n) is 6.24. The maximum absolute atomic E-state index is 2.34. The van der Waals surface area contributed by atoms with Crippen LogP contribution < -0.4 is 0 Å². The van der Waals surface area contributed by atoms with Crippen LogP contribution in [0, 0.1) is 0 Å². The zero-order valence-electron chi connectivity index (χ0n) is 13.2. The first kappa shape index (κ1) is 14.6. The number of allylic oxidation sites excluding steroid dienone is 4. The lowest BCUT2D eigenvalue weighted by Crippen LogP contribution is -2.12. The van der Waals surface area contributed by atoms with Crippen molar-refractivity contribution < 1.29 is 0 Å². The maximum atomic E-state index is 2.34. The van der Waals surface area contributed by atoms with E-state index in [9.17, 15) is 0 Å². The van der Waals surface area contributed by atoms with E-state index in [0.29, 0.717) is 0 Å². The summed E-state index contributed by atoms with van der Waals surface area (Å²) in [7, 11) is 0. The van der Waals surface area contributed by atoms with Crippen LogP contribution in [-0.2, 0) is 5.41 Å². The second-order valence-corrected chi connectivity index (χ2v) is 6.24. The van der Waals surface area contributed by atoms with Crippen molar-refractivity contribution in [1.29, 1.82) is 0 Å². The summed E-state index contributed by atoms with van der Waals surface area (Å²) < 4.78 is 0. The molecule has 104 valence electrons. The van der Waals surface area contributed by atoms with Gasteiger partial charge in [-0.3, -0.25) is 0 Å². The van der Waals surface area contributed by atoms with Gasteiger partial charge in [0.2, 0.25) is 0 Å². The lowest BCUT2D eigenvalue weighted by molar-refractivity contribution is 0.596. The largest absolute Gasteiger partial charge is 0.0871 e. The van der Waals surface area contributed by atoms with Gasteiger partial charge >= 0.3 is 0 Å². The Morgan fingerprint density at radius 2 is 1.70 bits per heavy atom. The highest BCUT2D eigenvalue weighted by atomic mass is 14.2. The first-order valence-electron chi connectivity index (χ1n) is 7.30. The van der Waals surface area contributed by atoms with Gasteiger partial charge in [-0.25, -0.2) is 0 Å². The smallest absolute Gasteiger partial charge is 0.0125 e. The van der Waals surface area contributed by atoms with Crippen LogP contribution in [0.15, 0.2) is 54.6 Å². The Bertz CT molecular complexity index is 664. The van der Waals surface area contributed by atoms with E-state index in [4.69, 9.17) is 0 Å². The van der Waals surface area contributed by atoms with Gasteiger partial charge in [0.1, 0.15) is 0 Å². The van der Waals surface area contributed by atoms with Crippen molar-refractivity contribution >= 4 is 16.3 Å². The second kappa shape index (κ2) is 5.66. The summed E-state index contributed by atoms with van der Waals surface area (Å²) >= 11 is 0. The summed E-state index contributed by atoms with van der Waals surface area (Å²) in [5, 5.41) is 2.68. The molecule has 0 aliphatic heterocycles. The minimum Gasteiger partial charge on any atom is -0.0871 e. The molecule has 20 heavy (non-hydrogen) atoms. The highest BCUT2D eigenvalue weighted by Gasteiger charge is 2.18. The molecule has 0 heteroatoms. The number of hydrogen-bond acceptors (Lipinski definition) is 0. The fourth-order valence-corrected chi connectivity index (χ4v) is 2.64. The molecule has 0 aliphatic carbocycles. The van der Waals surface area contributed by atoms with Crippen molar-refractivity contribution in [3.63, 3.8) is 0 Å². The molecule has 0 saturated carbocycles. The van der Waals surface area contributed by atoms with Crippen LogP contribution in [0.1, 0.15) is 45.7 Å². The molecular formula is C20H24. The molecule has 2 rings (SSSR count). The predicted octanol–water partition coefficient (Wildman–Crippen LogP) is 6.12. The minimum atomic E-state index is 0.143. The molecule has 0 aliphatic rings. The van der Waals surface area contributed by atoms with Gasteiger partial charge in [0, 0.05) is 0 Å². The average molecular weight is 264 g/mol. The quantitative estimate of drug-likeness (QED) is 0.573. The van der Waals surface area contributed by atoms with E-state index in [1.165, 1.54) is 27.5 Å². The number of benzene rings is 2. The van der Waals surface area contributed by atoms with E-state index >= 15 is 0 Å². The van der Waals surface area contributed by atoms with Crippen LogP contribution in [0.25, 0.3) is 16.3 Å². The molecule has 0 unspecified atom stereocenters. The van der Waals surface area contributed by atoms with Crippen LogP contribution in [0.3, 0.4) is 0 Å². The van der Waals surface area contributed by atoms with Gasteiger partial charge in [-0.15, -0.1) is 0 Å². The van der Waals surface area contributed by atoms with Crippen LogP contribution >= 0.6 is 0 Å². The zero-order chi connectivity index (χ0) is 14.8. The Balaban J connectivity index is 2.77. The summed E-state index contributed by atoms with van der Waals surface area (Å²) in [6.07, 6.45) is 6.45. The first-order valence-corrected chi connectivity index (χ1v) is 7.30. The third-order valence-electron chi connectivity index (χ3n) is 3.66. The van der Waals surface area contributed by atoms with Gasteiger partial charge in [0.15, 0.2) is 0 Å². The SMILES string of the molecule is C/C=C\C(=C/C)c1cc(C(C)(C)C)c2ccccc2c1. The molecule has 0 fully saturated rings. The maximum Gasteiger partial charge on any atom is -0.0125 e. The monoisotopic (exact) mass is 264 g/mol. The van der Waals surface area contributed by atoms with Gasteiger partial charge in [-0.05, 0) is 58.9 Å². The molecule has 2 aromatic rings. The number of hydrogen-bond donors (Lipinski definition) is 0. The lowest BCUT2D eigenvalue weighted by Gasteiger charge is -2.23. The molecule has 0 aromatic heterocycles. The predicted molar refractivity (Wildman–Crippen MR) is 91.1 cm³/mol. The Kier molecular flexibility index (Phi) is 4.13. The lowest BCUT2D eigenvalue weighted by atomic mass is 9.82. The van der Waals surface area contributed by atoms with Gasteiger partial charge < -0.3 is 0 Å². The topological polar surface area (TPSA) is 0 Å². The van der Waals surface area contributed by atoms with E-state index in [1.807, 2.05) is 0 Å². The van der Waals surface area contributed by atoms with Crippen LogP contribution in [-0.4, -0.2) is 0 Å². The summed E-state index contributed by atoms with van der Waals surface area (Å²) in [6.45, 7) is 11.0. The van der Waals surface area contributed by atoms with E-state index in [-0.39, 0.29) is 5.41 Å². The van der Waals surface area contributed by atoms with Gasteiger partial charge in [-0.2, -0.15) is 0 Å². The van der Waals surface area contributed by atoms with Gasteiger partial charge in [0.05, 0.1) is 0 Å². The summed E-state index contributed by atoms with van der Waals surface area (Å²) in [6, 6.07) is 13.3. The molecule has 0 bridgehead atoms. The highest BCUT2D eigenvalue weighted by Crippen LogP contribution is 2.33. The zero-order valence-corrected chi connectivity index (χ0v) is 13.2. The van der Waals surface area contributed by atoms with Crippen LogP contribution in [0.5, 0.6) is 0 Å². The fraction of sp³-hybridized carbons (Fsp3) is 0.300. The standard InChI is InChI=1S/C20H24/c1-6-10-15(7-2)17-13-16-11-8-9-12-18(16)19(14-17)20(3,4)5/h6-14H,1-5H3/b10-6-,15-7+. The first-order chi connectivity index (χ1) is 9.47. The Morgan fingerprint density at radius 3 is 2.30 bits per heavy atom. The molecule has 0 saturated heterocycles. The van der Waals surface area contributed by atoms with E-state index < -0.39 is 0 Å². The molecule has 0 amide bonds. The van der Waals surface area contributed by atoms with E-state index in [2.05, 4.69) is 89.2 Å². The molecule has 0 N–H and O–H groups in total. The van der Waals surface area contributed by atoms with Crippen LogP contribution in [0.2, 0.25) is 0 Å². The molecule has 2 aromatic carbocycles.